The largest absolute Gasteiger partial charge is 0.396 e. The highest BCUT2D eigenvalue weighted by Gasteiger charge is 2.49. The summed E-state index contributed by atoms with van der Waals surface area (Å²) in [5.74, 6) is -0.0736. The summed E-state index contributed by atoms with van der Waals surface area (Å²) in [6.07, 6.45) is 1.25. The topological polar surface area (TPSA) is 95.3 Å². The maximum absolute atomic E-state index is 11.9. The van der Waals surface area contributed by atoms with Crippen LogP contribution in [-0.4, -0.2) is 32.5 Å². The van der Waals surface area contributed by atoms with Crippen molar-refractivity contribution in [2.24, 2.45) is 11.3 Å². The average Bonchev–Trinajstić information content (AvgIpc) is 2.70. The molecule has 1 aliphatic rings. The van der Waals surface area contributed by atoms with Crippen molar-refractivity contribution in [1.82, 2.24) is 9.55 Å². The average molecular weight is 298 g/mol. The summed E-state index contributed by atoms with van der Waals surface area (Å²) in [5.41, 5.74) is -1.04. The third-order valence-corrected chi connectivity index (χ3v) is 4.69. The van der Waals surface area contributed by atoms with E-state index in [1.54, 1.807) is 6.92 Å². The molecule has 1 unspecified atom stereocenters. The molecule has 120 valence electrons. The van der Waals surface area contributed by atoms with Crippen LogP contribution in [0.1, 0.15) is 45.7 Å². The first-order valence-corrected chi connectivity index (χ1v) is 7.42. The molecule has 0 spiro atoms. The first kappa shape index (κ1) is 17.7. The lowest BCUT2D eigenvalue weighted by Gasteiger charge is -2.31. The highest BCUT2D eigenvalue weighted by Crippen LogP contribution is 2.48. The fourth-order valence-electron chi connectivity index (χ4n) is 2.88. The Morgan fingerprint density at radius 3 is 2.48 bits per heavy atom. The van der Waals surface area contributed by atoms with Crippen LogP contribution in [0.15, 0.2) is 15.8 Å². The van der Waals surface area contributed by atoms with Crippen molar-refractivity contribution in [2.75, 3.05) is 6.61 Å². The minimum atomic E-state index is -0.670. The van der Waals surface area contributed by atoms with Gasteiger partial charge in [-0.1, -0.05) is 27.7 Å². The molecular weight excluding hydrogens is 272 g/mol. The van der Waals surface area contributed by atoms with Gasteiger partial charge in [-0.15, -0.1) is 0 Å². The number of hydrogen-bond acceptors (Lipinski definition) is 4. The number of aliphatic hydroxyl groups excluding tert-OH is 2. The van der Waals surface area contributed by atoms with E-state index in [0.717, 1.165) is 0 Å². The molecule has 1 aromatic rings. The zero-order valence-corrected chi connectivity index (χ0v) is 13.4. The van der Waals surface area contributed by atoms with E-state index in [0.29, 0.717) is 12.0 Å². The molecule has 0 bridgehead atoms. The van der Waals surface area contributed by atoms with E-state index in [-0.39, 0.29) is 18.6 Å². The number of H-pyrrole nitrogens is 1. The number of rotatable bonds is 2. The number of aliphatic hydroxyl groups is 2. The second-order valence-corrected chi connectivity index (χ2v) is 5.75. The standard InChI is InChI=1S/C13H20N2O4.C2H6/c1-7-5-15(12(19)14-11(7)18)9-4-10(17)13(3,6-16)8(9)2;1-2/h5,8-10,16-17H,4,6H2,1-3H3,(H,14,18,19);1-2H3/t8?,9-,10-,13+;/m0./s1. The summed E-state index contributed by atoms with van der Waals surface area (Å²) in [6, 6.07) is -0.227. The van der Waals surface area contributed by atoms with Gasteiger partial charge in [0.15, 0.2) is 0 Å². The zero-order valence-electron chi connectivity index (χ0n) is 13.4. The molecule has 0 amide bonds. The number of nitrogens with one attached hydrogen (secondary N) is 1. The molecule has 6 heteroatoms. The summed E-state index contributed by atoms with van der Waals surface area (Å²) in [5, 5.41) is 19.6. The van der Waals surface area contributed by atoms with Gasteiger partial charge in [0.1, 0.15) is 0 Å². The highest BCUT2D eigenvalue weighted by atomic mass is 16.3. The fraction of sp³-hybridized carbons (Fsp3) is 0.733. The van der Waals surface area contributed by atoms with Gasteiger partial charge in [0.05, 0.1) is 12.7 Å². The second kappa shape index (κ2) is 6.58. The van der Waals surface area contributed by atoms with Crippen LogP contribution in [0.4, 0.5) is 0 Å². The molecule has 1 saturated carbocycles. The molecule has 0 aliphatic heterocycles. The molecular formula is C15H26N2O4. The Kier molecular flexibility index (Phi) is 5.53. The van der Waals surface area contributed by atoms with Crippen LogP contribution in [0.2, 0.25) is 0 Å². The molecule has 4 atom stereocenters. The predicted molar refractivity (Wildman–Crippen MR) is 81.4 cm³/mol. The van der Waals surface area contributed by atoms with Gasteiger partial charge in [0, 0.05) is 23.2 Å². The third kappa shape index (κ3) is 2.96. The van der Waals surface area contributed by atoms with Gasteiger partial charge >= 0.3 is 5.69 Å². The minimum Gasteiger partial charge on any atom is -0.396 e. The zero-order chi connectivity index (χ0) is 16.4. The lowest BCUT2D eigenvalue weighted by Crippen LogP contribution is -2.38. The first-order chi connectivity index (χ1) is 9.81. The Hall–Kier alpha value is -1.40. The summed E-state index contributed by atoms with van der Waals surface area (Å²) >= 11 is 0. The van der Waals surface area contributed by atoms with Gasteiger partial charge in [0.2, 0.25) is 0 Å². The Balaban J connectivity index is 0.00000106. The van der Waals surface area contributed by atoms with Crippen molar-refractivity contribution in [2.45, 2.75) is 53.2 Å². The van der Waals surface area contributed by atoms with Crippen molar-refractivity contribution >= 4 is 0 Å². The molecule has 1 aliphatic carbocycles. The Morgan fingerprint density at radius 1 is 1.43 bits per heavy atom. The van der Waals surface area contributed by atoms with Crippen LogP contribution in [0.3, 0.4) is 0 Å². The van der Waals surface area contributed by atoms with Gasteiger partial charge in [-0.25, -0.2) is 4.79 Å². The highest BCUT2D eigenvalue weighted by molar-refractivity contribution is 5.06. The molecule has 6 nitrogen and oxygen atoms in total. The number of nitrogens with zero attached hydrogens (tertiary/aromatic N) is 1. The van der Waals surface area contributed by atoms with Gasteiger partial charge in [-0.2, -0.15) is 0 Å². The molecule has 3 N–H and O–H groups in total. The quantitative estimate of drug-likeness (QED) is 0.753. The van der Waals surface area contributed by atoms with Crippen molar-refractivity contribution in [3.8, 4) is 0 Å². The summed E-state index contributed by atoms with van der Waals surface area (Å²) in [7, 11) is 0. The van der Waals surface area contributed by atoms with E-state index in [9.17, 15) is 19.8 Å². The normalized spacial score (nSPS) is 31.7. The Bertz CT molecular complexity index is 592. The van der Waals surface area contributed by atoms with Gasteiger partial charge in [-0.3, -0.25) is 14.3 Å². The molecule has 0 aromatic carbocycles. The second-order valence-electron chi connectivity index (χ2n) is 5.75. The molecule has 1 aromatic heterocycles. The maximum atomic E-state index is 11.9. The maximum Gasteiger partial charge on any atom is 0.328 e. The van der Waals surface area contributed by atoms with E-state index < -0.39 is 22.8 Å². The van der Waals surface area contributed by atoms with E-state index in [1.807, 2.05) is 27.7 Å². The van der Waals surface area contributed by atoms with Gasteiger partial charge in [-0.05, 0) is 19.3 Å². The van der Waals surface area contributed by atoms with E-state index >= 15 is 0 Å². The summed E-state index contributed by atoms with van der Waals surface area (Å²) in [4.78, 5) is 25.5. The minimum absolute atomic E-state index is 0.0736. The number of aromatic amines is 1. The molecule has 0 saturated heterocycles. The lowest BCUT2D eigenvalue weighted by molar-refractivity contribution is -0.00374. The molecule has 21 heavy (non-hydrogen) atoms. The predicted octanol–water partition coefficient (Wildman–Crippen LogP) is 0.812. The fourth-order valence-corrected chi connectivity index (χ4v) is 2.88. The van der Waals surface area contributed by atoms with Crippen LogP contribution in [0.25, 0.3) is 0 Å². The monoisotopic (exact) mass is 298 g/mol. The van der Waals surface area contributed by atoms with Crippen LogP contribution in [0, 0.1) is 18.3 Å². The van der Waals surface area contributed by atoms with Crippen LogP contribution in [0.5, 0.6) is 0 Å². The van der Waals surface area contributed by atoms with Crippen molar-refractivity contribution < 1.29 is 10.2 Å². The van der Waals surface area contributed by atoms with E-state index in [1.165, 1.54) is 10.8 Å². The van der Waals surface area contributed by atoms with Gasteiger partial charge in [0.25, 0.3) is 5.56 Å². The summed E-state index contributed by atoms with van der Waals surface area (Å²) in [6.45, 7) is 9.22. The SMILES string of the molecule is CC.Cc1cn([C@H]2C[C@H](O)[C@](C)(CO)C2C)c(=O)[nH]c1=O. The summed E-state index contributed by atoms with van der Waals surface area (Å²) < 4.78 is 1.46. The molecule has 1 fully saturated rings. The van der Waals surface area contributed by atoms with Crippen LogP contribution < -0.4 is 11.2 Å². The Labute approximate surface area is 124 Å². The molecule has 2 rings (SSSR count). The van der Waals surface area contributed by atoms with Crippen molar-refractivity contribution in [3.05, 3.63) is 32.6 Å². The molecule has 0 radical (unpaired) electrons. The van der Waals surface area contributed by atoms with Gasteiger partial charge < -0.3 is 10.2 Å². The van der Waals surface area contributed by atoms with Crippen molar-refractivity contribution in [1.29, 1.82) is 0 Å². The van der Waals surface area contributed by atoms with E-state index in [2.05, 4.69) is 4.98 Å². The lowest BCUT2D eigenvalue weighted by atomic mass is 9.79. The number of aryl methyl sites for hydroxylation is 1. The Morgan fingerprint density at radius 2 is 2.00 bits per heavy atom. The number of aromatic nitrogens is 2. The molecule has 1 heterocycles. The van der Waals surface area contributed by atoms with Crippen molar-refractivity contribution in [3.63, 3.8) is 0 Å². The van der Waals surface area contributed by atoms with Crippen LogP contribution in [-0.2, 0) is 0 Å². The third-order valence-electron chi connectivity index (χ3n) is 4.69. The van der Waals surface area contributed by atoms with E-state index in [4.69, 9.17) is 0 Å². The number of hydrogen-bond donors (Lipinski definition) is 3. The van der Waals surface area contributed by atoms with Crippen LogP contribution >= 0.6 is 0 Å². The first-order valence-electron chi connectivity index (χ1n) is 7.42. The smallest absolute Gasteiger partial charge is 0.328 e.